The summed E-state index contributed by atoms with van der Waals surface area (Å²) in [6, 6.07) is 11.5. The number of carbonyl (C=O) groups excluding carboxylic acids is 2. The molecule has 0 bridgehead atoms. The van der Waals surface area contributed by atoms with E-state index in [-0.39, 0.29) is 12.2 Å². The number of nitrogens with one attached hydrogen (secondary N) is 1. The Morgan fingerprint density at radius 2 is 1.60 bits per heavy atom. The zero-order valence-electron chi connectivity index (χ0n) is 20.3. The van der Waals surface area contributed by atoms with Crippen LogP contribution in [0.1, 0.15) is 38.8 Å². The molecule has 2 rings (SSSR count). The largest absolute Gasteiger partial charge is 0.416 e. The van der Waals surface area contributed by atoms with E-state index in [2.05, 4.69) is 5.32 Å². The minimum absolute atomic E-state index is 0.00139. The predicted octanol–water partition coefficient (Wildman–Crippen LogP) is 3.80. The molecule has 11 heteroatoms. The van der Waals surface area contributed by atoms with Crippen molar-refractivity contribution in [3.05, 3.63) is 65.7 Å². The Balaban J connectivity index is 2.43. The van der Waals surface area contributed by atoms with E-state index in [1.807, 2.05) is 0 Å². The molecule has 1 unspecified atom stereocenters. The van der Waals surface area contributed by atoms with Crippen LogP contribution in [-0.4, -0.2) is 49.5 Å². The molecule has 0 radical (unpaired) electrons. The SMILES string of the molecule is CC(C(=O)NC(C)(C)C)N(Cc1ccccc1)C(=O)CN(c1cccc(C(F)(F)F)c1)S(C)(=O)=O. The summed E-state index contributed by atoms with van der Waals surface area (Å²) in [5.41, 5.74) is -1.23. The van der Waals surface area contributed by atoms with Crippen molar-refractivity contribution in [2.45, 2.75) is 52.0 Å². The van der Waals surface area contributed by atoms with Gasteiger partial charge in [0, 0.05) is 12.1 Å². The fraction of sp³-hybridized carbons (Fsp3) is 0.417. The first-order valence-electron chi connectivity index (χ1n) is 10.8. The number of alkyl halides is 3. The summed E-state index contributed by atoms with van der Waals surface area (Å²) < 4.78 is 65.2. The molecule has 1 atom stereocenters. The molecule has 7 nitrogen and oxygen atoms in total. The van der Waals surface area contributed by atoms with E-state index < -0.39 is 51.7 Å². The average Bonchev–Trinajstić information content (AvgIpc) is 2.73. The molecule has 192 valence electrons. The Kier molecular flexibility index (Phi) is 8.59. The topological polar surface area (TPSA) is 86.8 Å². The highest BCUT2D eigenvalue weighted by Crippen LogP contribution is 2.32. The second-order valence-electron chi connectivity index (χ2n) is 9.24. The van der Waals surface area contributed by atoms with Crippen molar-refractivity contribution in [2.75, 3.05) is 17.1 Å². The van der Waals surface area contributed by atoms with Crippen molar-refractivity contribution in [3.8, 4) is 0 Å². The van der Waals surface area contributed by atoms with Gasteiger partial charge in [-0.3, -0.25) is 13.9 Å². The van der Waals surface area contributed by atoms with Gasteiger partial charge in [-0.1, -0.05) is 36.4 Å². The number of nitrogens with zero attached hydrogens (tertiary/aromatic N) is 2. The molecule has 35 heavy (non-hydrogen) atoms. The van der Waals surface area contributed by atoms with E-state index in [1.165, 1.54) is 17.9 Å². The van der Waals surface area contributed by atoms with E-state index in [0.717, 1.165) is 18.4 Å². The zero-order valence-corrected chi connectivity index (χ0v) is 21.1. The van der Waals surface area contributed by atoms with E-state index in [0.29, 0.717) is 15.9 Å². The highest BCUT2D eigenvalue weighted by atomic mass is 32.2. The monoisotopic (exact) mass is 513 g/mol. The lowest BCUT2D eigenvalue weighted by atomic mass is 10.1. The highest BCUT2D eigenvalue weighted by molar-refractivity contribution is 7.92. The summed E-state index contributed by atoms with van der Waals surface area (Å²) in [6.45, 7) is 6.07. The number of carbonyl (C=O) groups is 2. The van der Waals surface area contributed by atoms with Crippen LogP contribution >= 0.6 is 0 Å². The van der Waals surface area contributed by atoms with Crippen LogP contribution in [0.4, 0.5) is 18.9 Å². The van der Waals surface area contributed by atoms with Gasteiger partial charge in [-0.2, -0.15) is 13.2 Å². The minimum atomic E-state index is -4.69. The summed E-state index contributed by atoms with van der Waals surface area (Å²) in [4.78, 5) is 27.4. The number of benzene rings is 2. The lowest BCUT2D eigenvalue weighted by molar-refractivity contribution is -0.140. The van der Waals surface area contributed by atoms with Crippen molar-refractivity contribution < 1.29 is 31.2 Å². The smallest absolute Gasteiger partial charge is 0.350 e. The summed E-state index contributed by atoms with van der Waals surface area (Å²) in [7, 11) is -4.14. The van der Waals surface area contributed by atoms with Crippen molar-refractivity contribution in [1.29, 1.82) is 0 Å². The number of sulfonamides is 1. The van der Waals surface area contributed by atoms with Crippen LogP contribution in [0.5, 0.6) is 0 Å². The average molecular weight is 514 g/mol. The molecule has 2 aromatic rings. The second kappa shape index (κ2) is 10.7. The van der Waals surface area contributed by atoms with Crippen LogP contribution in [0.3, 0.4) is 0 Å². The number of halogens is 3. The molecule has 2 aromatic carbocycles. The Bertz CT molecular complexity index is 1150. The van der Waals surface area contributed by atoms with E-state index in [9.17, 15) is 31.2 Å². The maximum Gasteiger partial charge on any atom is 0.416 e. The van der Waals surface area contributed by atoms with Crippen LogP contribution in [0.2, 0.25) is 0 Å². The summed E-state index contributed by atoms with van der Waals surface area (Å²) in [6.07, 6.45) is -3.89. The maximum atomic E-state index is 13.4. The molecule has 0 aliphatic carbocycles. The summed E-state index contributed by atoms with van der Waals surface area (Å²) in [5.74, 6) is -1.19. The summed E-state index contributed by atoms with van der Waals surface area (Å²) in [5, 5.41) is 2.79. The van der Waals surface area contributed by atoms with E-state index >= 15 is 0 Å². The Morgan fingerprint density at radius 1 is 1.00 bits per heavy atom. The van der Waals surface area contributed by atoms with Gasteiger partial charge in [0.1, 0.15) is 12.6 Å². The molecular weight excluding hydrogens is 483 g/mol. The molecule has 0 saturated carbocycles. The van der Waals surface area contributed by atoms with Gasteiger partial charge in [-0.05, 0) is 51.5 Å². The van der Waals surface area contributed by atoms with Gasteiger partial charge in [0.05, 0.1) is 17.5 Å². The molecule has 0 fully saturated rings. The molecule has 0 aromatic heterocycles. The lowest BCUT2D eigenvalue weighted by Gasteiger charge is -2.33. The Hall–Kier alpha value is -3.08. The molecule has 2 amide bonds. The Morgan fingerprint density at radius 3 is 2.11 bits per heavy atom. The van der Waals surface area contributed by atoms with Crippen LogP contribution in [0.15, 0.2) is 54.6 Å². The first-order valence-corrected chi connectivity index (χ1v) is 12.6. The number of hydrogen-bond donors (Lipinski definition) is 1. The highest BCUT2D eigenvalue weighted by Gasteiger charge is 2.34. The standard InChI is InChI=1S/C24H30F3N3O4S/c1-17(22(32)28-23(2,3)4)29(15-18-10-7-6-8-11-18)21(31)16-30(35(5,33)34)20-13-9-12-19(14-20)24(25,26)27/h6-14,17H,15-16H2,1-5H3,(H,28,32). The maximum absolute atomic E-state index is 13.4. The third kappa shape index (κ3) is 8.27. The van der Waals surface area contributed by atoms with Gasteiger partial charge < -0.3 is 10.2 Å². The minimum Gasteiger partial charge on any atom is -0.350 e. The molecule has 0 aliphatic heterocycles. The second-order valence-corrected chi connectivity index (χ2v) is 11.1. The van der Waals surface area contributed by atoms with Gasteiger partial charge >= 0.3 is 6.18 Å². The van der Waals surface area contributed by atoms with Crippen molar-refractivity contribution >= 4 is 27.5 Å². The Labute approximate surface area is 204 Å². The number of amides is 2. The molecule has 1 N–H and O–H groups in total. The van der Waals surface area contributed by atoms with Gasteiger partial charge in [0.2, 0.25) is 21.8 Å². The van der Waals surface area contributed by atoms with Crippen LogP contribution in [0, 0.1) is 0 Å². The third-order valence-corrected chi connectivity index (χ3v) is 6.14. The van der Waals surface area contributed by atoms with Crippen LogP contribution in [-0.2, 0) is 32.3 Å². The van der Waals surface area contributed by atoms with Crippen molar-refractivity contribution in [1.82, 2.24) is 10.2 Å². The van der Waals surface area contributed by atoms with Crippen molar-refractivity contribution in [3.63, 3.8) is 0 Å². The lowest BCUT2D eigenvalue weighted by Crippen LogP contribution is -2.54. The zero-order chi connectivity index (χ0) is 26.6. The number of anilines is 1. The predicted molar refractivity (Wildman–Crippen MR) is 128 cm³/mol. The fourth-order valence-electron chi connectivity index (χ4n) is 3.29. The molecule has 0 spiro atoms. The molecular formula is C24H30F3N3O4S. The van der Waals surface area contributed by atoms with Gasteiger partial charge in [-0.15, -0.1) is 0 Å². The van der Waals surface area contributed by atoms with Gasteiger partial charge in [0.15, 0.2) is 0 Å². The number of hydrogen-bond acceptors (Lipinski definition) is 4. The van der Waals surface area contributed by atoms with Crippen molar-refractivity contribution in [2.24, 2.45) is 0 Å². The molecule has 0 aliphatic rings. The fourth-order valence-corrected chi connectivity index (χ4v) is 4.13. The number of rotatable bonds is 8. The van der Waals surface area contributed by atoms with E-state index in [4.69, 9.17) is 0 Å². The quantitative estimate of drug-likeness (QED) is 0.582. The first-order chi connectivity index (χ1) is 16.0. The van der Waals surface area contributed by atoms with E-state index in [1.54, 1.807) is 51.1 Å². The van der Waals surface area contributed by atoms with Gasteiger partial charge in [-0.25, -0.2) is 8.42 Å². The normalized spacial score (nSPS) is 13.1. The van der Waals surface area contributed by atoms with Crippen LogP contribution in [0.25, 0.3) is 0 Å². The summed E-state index contributed by atoms with van der Waals surface area (Å²) >= 11 is 0. The molecule has 0 heterocycles. The molecule has 0 saturated heterocycles. The van der Waals surface area contributed by atoms with Crippen LogP contribution < -0.4 is 9.62 Å². The van der Waals surface area contributed by atoms with Gasteiger partial charge in [0.25, 0.3) is 0 Å². The third-order valence-electron chi connectivity index (χ3n) is 5.00. The first kappa shape index (κ1) is 28.2.